The van der Waals surface area contributed by atoms with E-state index in [2.05, 4.69) is 35.6 Å². The van der Waals surface area contributed by atoms with Crippen LogP contribution in [0.15, 0.2) is 78.8 Å². The molecule has 0 bridgehead atoms. The lowest BCUT2D eigenvalue weighted by molar-refractivity contribution is -0.274. The monoisotopic (exact) mass is 1090 g/mol. The molecule has 0 saturated carbocycles. The Hall–Kier alpha value is -7.44. The Labute approximate surface area is 446 Å². The van der Waals surface area contributed by atoms with Gasteiger partial charge in [-0.25, -0.2) is 15.0 Å². The normalized spacial score (nSPS) is 16.4. The highest BCUT2D eigenvalue weighted by Gasteiger charge is 2.44. The highest BCUT2D eigenvalue weighted by Crippen LogP contribution is 2.30. The lowest BCUT2D eigenvalue weighted by Crippen LogP contribution is -2.58. The number of piperidine rings is 1. The molecule has 0 spiro atoms. The molecule has 2 aliphatic heterocycles. The molecule has 2 saturated heterocycles. The maximum atomic E-state index is 14.0. The highest BCUT2D eigenvalue weighted by atomic mass is 32.1. The van der Waals surface area contributed by atoms with Gasteiger partial charge in [0, 0.05) is 76.5 Å². The number of nitrogens with zero attached hydrogens (tertiary/aromatic N) is 6. The standard InChI is InChI=1S/C53H63F3N10O10S/c1-32-46(77-31-62-32)35-11-7-34(8-12-35)24-59-49(72)42-23-37(67)26-66(42)51(73)47(52(2,3)4)63-44(69)29-74-28-43(68)58-17-5-6-18-64-27-41(61-30-64)36-22-40(48(57)71)50(60-25-36)75-38-15-19-65(20-16-38)45(70)21-33-9-13-39(14-10-33)76-53(54,55)56/h7-14,22,25,27,30-31,37-38,42,47,67H,5-6,15-21,23-24,26,28-29H2,1-4H3,(H2,57,71)(H,58,68)(H,59,72)(H,63,69)/t37-,42+,47?/m1/s1. The number of carbonyl (C=O) groups is 6. The minimum absolute atomic E-state index is 0.00295. The number of primary amides is 1. The average Bonchev–Trinajstić information content (AvgIpc) is 4.16. The summed E-state index contributed by atoms with van der Waals surface area (Å²) in [5.74, 6) is -3.28. The van der Waals surface area contributed by atoms with Crippen molar-refractivity contribution >= 4 is 46.8 Å². The molecular formula is C53H63F3N10O10S. The van der Waals surface area contributed by atoms with Gasteiger partial charge >= 0.3 is 6.36 Å². The quantitative estimate of drug-likeness (QED) is 0.0589. The van der Waals surface area contributed by atoms with Gasteiger partial charge < -0.3 is 55.4 Å². The fourth-order valence-corrected chi connectivity index (χ4v) is 9.70. The molecule has 5 heterocycles. The van der Waals surface area contributed by atoms with Crippen LogP contribution in [0.1, 0.15) is 80.1 Å². The summed E-state index contributed by atoms with van der Waals surface area (Å²) in [6.45, 7) is 8.10. The Morgan fingerprint density at radius 2 is 1.60 bits per heavy atom. The molecule has 2 aliphatic rings. The Balaban J connectivity index is 0.789. The number of rotatable bonds is 22. The summed E-state index contributed by atoms with van der Waals surface area (Å²) >= 11 is 1.55. The van der Waals surface area contributed by atoms with E-state index in [1.807, 2.05) is 35.8 Å². The van der Waals surface area contributed by atoms with Crippen LogP contribution >= 0.6 is 11.3 Å². The van der Waals surface area contributed by atoms with Crippen LogP contribution in [0, 0.1) is 12.3 Å². The van der Waals surface area contributed by atoms with Crippen LogP contribution in [0.2, 0.25) is 0 Å². The smallest absolute Gasteiger partial charge is 0.474 e. The number of unbranched alkanes of at least 4 members (excludes halogenated alkanes) is 1. The van der Waals surface area contributed by atoms with Gasteiger partial charge in [-0.15, -0.1) is 24.5 Å². The van der Waals surface area contributed by atoms with E-state index in [0.29, 0.717) is 68.7 Å². The first-order valence-electron chi connectivity index (χ1n) is 25.1. The predicted molar refractivity (Wildman–Crippen MR) is 276 cm³/mol. The third kappa shape index (κ3) is 16.3. The summed E-state index contributed by atoms with van der Waals surface area (Å²) in [6, 6.07) is 12.4. The molecule has 5 aromatic rings. The van der Waals surface area contributed by atoms with Gasteiger partial charge in [-0.2, -0.15) is 0 Å². The number of imidazole rings is 1. The minimum atomic E-state index is -4.81. The second-order valence-corrected chi connectivity index (χ2v) is 20.9. The molecule has 3 aromatic heterocycles. The number of aliphatic hydroxyl groups excluding tert-OH is 1. The van der Waals surface area contributed by atoms with E-state index < -0.39 is 72.7 Å². The van der Waals surface area contributed by atoms with Crippen LogP contribution in [-0.4, -0.2) is 140 Å². The van der Waals surface area contributed by atoms with E-state index in [9.17, 15) is 47.0 Å². The number of nitrogens with one attached hydrogen (secondary N) is 3. The number of thiazole rings is 1. The highest BCUT2D eigenvalue weighted by molar-refractivity contribution is 7.13. The summed E-state index contributed by atoms with van der Waals surface area (Å²) in [7, 11) is 0. The van der Waals surface area contributed by atoms with Gasteiger partial charge in [0.2, 0.25) is 35.4 Å². The number of ether oxygens (including phenoxy) is 3. The summed E-state index contributed by atoms with van der Waals surface area (Å²) in [4.78, 5) is 95.7. The third-order valence-corrected chi connectivity index (χ3v) is 14.0. The minimum Gasteiger partial charge on any atom is -0.474 e. The van der Waals surface area contributed by atoms with Crippen molar-refractivity contribution in [2.75, 3.05) is 39.4 Å². The van der Waals surface area contributed by atoms with E-state index in [1.54, 1.807) is 61.1 Å². The van der Waals surface area contributed by atoms with Gasteiger partial charge in [-0.1, -0.05) is 57.2 Å². The number of aliphatic hydroxyl groups is 1. The van der Waals surface area contributed by atoms with Gasteiger partial charge in [-0.05, 0) is 60.1 Å². The molecule has 412 valence electrons. The van der Waals surface area contributed by atoms with E-state index in [4.69, 9.17) is 15.2 Å². The van der Waals surface area contributed by atoms with Crippen molar-refractivity contribution in [3.63, 3.8) is 0 Å². The van der Waals surface area contributed by atoms with E-state index >= 15 is 0 Å². The first kappa shape index (κ1) is 57.3. The molecule has 0 aliphatic carbocycles. The predicted octanol–water partition coefficient (Wildman–Crippen LogP) is 4.71. The molecule has 77 heavy (non-hydrogen) atoms. The molecule has 2 fully saturated rings. The van der Waals surface area contributed by atoms with E-state index in [-0.39, 0.29) is 55.1 Å². The number of alkyl halides is 3. The molecule has 6 amide bonds. The second-order valence-electron chi connectivity index (χ2n) is 20.0. The molecule has 6 N–H and O–H groups in total. The number of benzene rings is 2. The first-order chi connectivity index (χ1) is 36.6. The zero-order chi connectivity index (χ0) is 55.4. The van der Waals surface area contributed by atoms with Gasteiger partial charge in [-0.3, -0.25) is 28.8 Å². The van der Waals surface area contributed by atoms with Crippen LogP contribution in [-0.2, 0) is 48.2 Å². The van der Waals surface area contributed by atoms with Gasteiger partial charge in [0.15, 0.2) is 0 Å². The molecule has 1 unspecified atom stereocenters. The summed E-state index contributed by atoms with van der Waals surface area (Å²) in [5.41, 5.74) is 11.2. The van der Waals surface area contributed by atoms with Crippen LogP contribution in [0.5, 0.6) is 11.6 Å². The average molecular weight is 1090 g/mol. The molecule has 2 aromatic carbocycles. The van der Waals surface area contributed by atoms with Gasteiger partial charge in [0.05, 0.1) is 40.6 Å². The van der Waals surface area contributed by atoms with Gasteiger partial charge in [0.25, 0.3) is 5.91 Å². The number of pyridine rings is 1. The van der Waals surface area contributed by atoms with Crippen molar-refractivity contribution in [1.82, 2.24) is 45.3 Å². The fourth-order valence-electron chi connectivity index (χ4n) is 8.89. The van der Waals surface area contributed by atoms with Crippen molar-refractivity contribution in [2.45, 2.75) is 110 Å². The Bertz CT molecular complexity index is 2870. The summed E-state index contributed by atoms with van der Waals surface area (Å²) in [6.07, 6.45) is 1.04. The number of amides is 6. The van der Waals surface area contributed by atoms with Crippen molar-refractivity contribution in [1.29, 1.82) is 0 Å². The summed E-state index contributed by atoms with van der Waals surface area (Å²) in [5, 5.41) is 18.9. The van der Waals surface area contributed by atoms with Crippen LogP contribution in [0.4, 0.5) is 13.2 Å². The fraction of sp³-hybridized carbons (Fsp3) is 0.453. The zero-order valence-corrected chi connectivity index (χ0v) is 44.0. The molecule has 7 rings (SSSR count). The number of nitrogens with two attached hydrogens (primary N) is 1. The van der Waals surface area contributed by atoms with Crippen molar-refractivity contribution in [2.24, 2.45) is 11.1 Å². The molecule has 20 nitrogen and oxygen atoms in total. The Kier molecular flexibility index (Phi) is 19.0. The SMILES string of the molecule is Cc1ncsc1-c1ccc(CNC(=O)[C@@H]2C[C@@H](O)CN2C(=O)C(NC(=O)COCC(=O)NCCCCn2cnc(-c3cnc(OC4CCN(C(=O)Cc5ccc(OC(F)(F)F)cc5)CC4)c(C(N)=O)c3)c2)C(C)(C)C)cc1. The molecule has 3 atom stereocenters. The lowest BCUT2D eigenvalue weighted by Gasteiger charge is -2.35. The number of halogens is 3. The Morgan fingerprint density at radius 1 is 0.896 bits per heavy atom. The third-order valence-electron chi connectivity index (χ3n) is 13.0. The number of aryl methyl sites for hydroxylation is 2. The first-order valence-corrected chi connectivity index (χ1v) is 26.0. The summed E-state index contributed by atoms with van der Waals surface area (Å²) < 4.78 is 54.7. The molecule has 24 heteroatoms. The van der Waals surface area contributed by atoms with Crippen LogP contribution in [0.3, 0.4) is 0 Å². The van der Waals surface area contributed by atoms with Crippen molar-refractivity contribution in [3.05, 3.63) is 101 Å². The second kappa shape index (κ2) is 25.6. The van der Waals surface area contributed by atoms with Crippen LogP contribution < -0.4 is 31.2 Å². The van der Waals surface area contributed by atoms with E-state index in [1.165, 1.54) is 23.2 Å². The maximum Gasteiger partial charge on any atom is 0.573 e. The largest absolute Gasteiger partial charge is 0.573 e. The van der Waals surface area contributed by atoms with Crippen LogP contribution in [0.25, 0.3) is 21.7 Å². The van der Waals surface area contributed by atoms with Crippen molar-refractivity contribution < 1.29 is 61.3 Å². The van der Waals surface area contributed by atoms with Crippen molar-refractivity contribution in [3.8, 4) is 33.3 Å². The molecular weight excluding hydrogens is 1030 g/mol. The number of carbonyl (C=O) groups excluding carboxylic acids is 6. The zero-order valence-electron chi connectivity index (χ0n) is 43.1. The Morgan fingerprint density at radius 3 is 2.26 bits per heavy atom. The number of hydrogen-bond acceptors (Lipinski definition) is 14. The maximum absolute atomic E-state index is 14.0. The van der Waals surface area contributed by atoms with Gasteiger partial charge in [0.1, 0.15) is 42.7 Å². The number of aromatic nitrogens is 4. The lowest BCUT2D eigenvalue weighted by atomic mass is 9.85. The number of hydrogen-bond donors (Lipinski definition) is 5. The number of likely N-dealkylation sites (tertiary alicyclic amines) is 2. The number of β-amino-alcohol motifs (C(OH)–C–C–N with tert-alkyl or cyclic N) is 1. The topological polar surface area (TPSA) is 263 Å². The molecule has 0 radical (unpaired) electrons. The van der Waals surface area contributed by atoms with E-state index in [0.717, 1.165) is 33.8 Å².